The van der Waals surface area contributed by atoms with E-state index in [0.717, 1.165) is 27.8 Å². The molecule has 0 radical (unpaired) electrons. The van der Waals surface area contributed by atoms with Crippen molar-refractivity contribution in [2.45, 2.75) is 6.92 Å². The van der Waals surface area contributed by atoms with E-state index in [2.05, 4.69) is 25.1 Å². The van der Waals surface area contributed by atoms with Crippen molar-refractivity contribution in [3.8, 4) is 28.0 Å². The van der Waals surface area contributed by atoms with E-state index in [1.165, 1.54) is 0 Å². The first-order valence-electron chi connectivity index (χ1n) is 6.70. The third-order valence-electron chi connectivity index (χ3n) is 3.54. The second-order valence-corrected chi connectivity index (χ2v) is 4.91. The molecule has 0 fully saturated rings. The van der Waals surface area contributed by atoms with Crippen LogP contribution in [-0.4, -0.2) is 5.11 Å². The zero-order valence-electron chi connectivity index (χ0n) is 11.4. The van der Waals surface area contributed by atoms with Gasteiger partial charge in [0.2, 0.25) is 0 Å². The summed E-state index contributed by atoms with van der Waals surface area (Å²) in [5.41, 5.74) is 5.38. The van der Waals surface area contributed by atoms with Crippen LogP contribution in [0.4, 0.5) is 0 Å². The average molecular weight is 260 g/mol. The summed E-state index contributed by atoms with van der Waals surface area (Å²) in [6.45, 7) is 2.06. The van der Waals surface area contributed by atoms with Crippen molar-refractivity contribution >= 4 is 0 Å². The van der Waals surface area contributed by atoms with Crippen LogP contribution in [0, 0.1) is 6.92 Å². The lowest BCUT2D eigenvalue weighted by molar-refractivity contribution is 0.477. The van der Waals surface area contributed by atoms with Gasteiger partial charge >= 0.3 is 0 Å². The van der Waals surface area contributed by atoms with Crippen LogP contribution in [0.5, 0.6) is 5.75 Å². The minimum absolute atomic E-state index is 0.319. The van der Waals surface area contributed by atoms with Gasteiger partial charge in [0.25, 0.3) is 0 Å². The van der Waals surface area contributed by atoms with E-state index in [1.54, 1.807) is 6.07 Å². The lowest BCUT2D eigenvalue weighted by Crippen LogP contribution is -1.85. The third kappa shape index (κ3) is 2.30. The zero-order chi connectivity index (χ0) is 13.9. The van der Waals surface area contributed by atoms with Gasteiger partial charge in [-0.1, -0.05) is 60.7 Å². The quantitative estimate of drug-likeness (QED) is 0.684. The molecule has 0 saturated heterocycles. The maximum absolute atomic E-state index is 10.2. The molecule has 0 aliphatic rings. The van der Waals surface area contributed by atoms with Crippen LogP contribution in [0.15, 0.2) is 72.8 Å². The summed E-state index contributed by atoms with van der Waals surface area (Å²) >= 11 is 0. The fourth-order valence-electron chi connectivity index (χ4n) is 2.44. The Bertz CT molecular complexity index is 730. The average Bonchev–Trinajstić information content (AvgIpc) is 2.49. The highest BCUT2D eigenvalue weighted by molar-refractivity contribution is 5.78. The molecule has 3 aromatic rings. The maximum Gasteiger partial charge on any atom is 0.123 e. The van der Waals surface area contributed by atoms with Gasteiger partial charge < -0.3 is 5.11 Å². The molecule has 3 rings (SSSR count). The van der Waals surface area contributed by atoms with Gasteiger partial charge in [-0.3, -0.25) is 0 Å². The summed E-state index contributed by atoms with van der Waals surface area (Å²) in [4.78, 5) is 0. The standard InChI is InChI=1S/C19H16O/c1-14-7-5-6-10-17(14)18-13-16(11-12-19(18)20)15-8-3-2-4-9-15/h2-13,20H,1H3. The zero-order valence-corrected chi connectivity index (χ0v) is 11.4. The topological polar surface area (TPSA) is 20.2 Å². The van der Waals surface area contributed by atoms with Gasteiger partial charge in [-0.05, 0) is 41.3 Å². The Morgan fingerprint density at radius 3 is 2.10 bits per heavy atom. The van der Waals surface area contributed by atoms with Gasteiger partial charge in [-0.25, -0.2) is 0 Å². The van der Waals surface area contributed by atoms with Crippen molar-refractivity contribution < 1.29 is 5.11 Å². The second kappa shape index (κ2) is 5.22. The molecule has 0 spiro atoms. The Labute approximate surface area is 119 Å². The first-order valence-corrected chi connectivity index (χ1v) is 6.70. The molecule has 0 amide bonds. The molecule has 1 N–H and O–H groups in total. The fourth-order valence-corrected chi connectivity index (χ4v) is 2.44. The number of phenolic OH excluding ortho intramolecular Hbond substituents is 1. The molecule has 0 saturated carbocycles. The Morgan fingerprint density at radius 2 is 1.35 bits per heavy atom. The van der Waals surface area contributed by atoms with Crippen LogP contribution in [-0.2, 0) is 0 Å². The lowest BCUT2D eigenvalue weighted by Gasteiger charge is -2.10. The predicted molar refractivity (Wildman–Crippen MR) is 83.7 cm³/mol. The molecule has 0 heterocycles. The molecule has 0 unspecified atom stereocenters. The van der Waals surface area contributed by atoms with Gasteiger partial charge in [0.1, 0.15) is 5.75 Å². The first kappa shape index (κ1) is 12.5. The normalized spacial score (nSPS) is 10.4. The molecule has 0 aliphatic carbocycles. The molecule has 0 aliphatic heterocycles. The monoisotopic (exact) mass is 260 g/mol. The smallest absolute Gasteiger partial charge is 0.123 e. The van der Waals surface area contributed by atoms with Crippen molar-refractivity contribution in [1.29, 1.82) is 0 Å². The number of hydrogen-bond acceptors (Lipinski definition) is 1. The summed E-state index contributed by atoms with van der Waals surface area (Å²) in [7, 11) is 0. The molecule has 0 aromatic heterocycles. The maximum atomic E-state index is 10.2. The van der Waals surface area contributed by atoms with E-state index in [-0.39, 0.29) is 0 Å². The minimum atomic E-state index is 0.319. The number of phenols is 1. The summed E-state index contributed by atoms with van der Waals surface area (Å²) in [6.07, 6.45) is 0. The largest absolute Gasteiger partial charge is 0.507 e. The van der Waals surface area contributed by atoms with Crippen molar-refractivity contribution in [3.05, 3.63) is 78.4 Å². The molecule has 20 heavy (non-hydrogen) atoms. The highest BCUT2D eigenvalue weighted by Crippen LogP contribution is 2.34. The molecule has 98 valence electrons. The molecule has 3 aromatic carbocycles. The van der Waals surface area contributed by atoms with E-state index in [0.29, 0.717) is 5.75 Å². The van der Waals surface area contributed by atoms with Gasteiger partial charge in [-0.2, -0.15) is 0 Å². The van der Waals surface area contributed by atoms with Crippen LogP contribution in [0.25, 0.3) is 22.3 Å². The summed E-state index contributed by atoms with van der Waals surface area (Å²) < 4.78 is 0. The molecular weight excluding hydrogens is 244 g/mol. The van der Waals surface area contributed by atoms with Gasteiger partial charge in [0, 0.05) is 5.56 Å². The van der Waals surface area contributed by atoms with Crippen LogP contribution in [0.3, 0.4) is 0 Å². The number of aryl methyl sites for hydroxylation is 1. The lowest BCUT2D eigenvalue weighted by atomic mass is 9.95. The van der Waals surface area contributed by atoms with E-state index in [9.17, 15) is 5.11 Å². The Morgan fingerprint density at radius 1 is 0.650 bits per heavy atom. The fraction of sp³-hybridized carbons (Fsp3) is 0.0526. The number of aromatic hydroxyl groups is 1. The molecule has 1 nitrogen and oxygen atoms in total. The first-order chi connectivity index (χ1) is 9.75. The molecule has 0 atom stereocenters. The Balaban J connectivity index is 2.15. The number of rotatable bonds is 2. The molecule has 1 heteroatoms. The van der Waals surface area contributed by atoms with Crippen molar-refractivity contribution in [1.82, 2.24) is 0 Å². The van der Waals surface area contributed by atoms with Gasteiger partial charge in [0.05, 0.1) is 0 Å². The number of hydrogen-bond donors (Lipinski definition) is 1. The van der Waals surface area contributed by atoms with Crippen molar-refractivity contribution in [2.24, 2.45) is 0 Å². The SMILES string of the molecule is Cc1ccccc1-c1cc(-c2ccccc2)ccc1O. The summed E-state index contributed by atoms with van der Waals surface area (Å²) in [5.74, 6) is 0.319. The second-order valence-electron chi connectivity index (χ2n) is 4.91. The predicted octanol–water partition coefficient (Wildman–Crippen LogP) is 5.03. The van der Waals surface area contributed by atoms with Gasteiger partial charge in [-0.15, -0.1) is 0 Å². The Hall–Kier alpha value is -2.54. The molecular formula is C19H16O. The Kier molecular flexibility index (Phi) is 3.26. The van der Waals surface area contributed by atoms with Crippen molar-refractivity contribution in [2.75, 3.05) is 0 Å². The van der Waals surface area contributed by atoms with Crippen LogP contribution >= 0.6 is 0 Å². The van der Waals surface area contributed by atoms with E-state index in [4.69, 9.17) is 0 Å². The summed E-state index contributed by atoms with van der Waals surface area (Å²) in [6, 6.07) is 24.1. The van der Waals surface area contributed by atoms with Gasteiger partial charge in [0.15, 0.2) is 0 Å². The highest BCUT2D eigenvalue weighted by Gasteiger charge is 2.08. The van der Waals surface area contributed by atoms with Crippen LogP contribution in [0.2, 0.25) is 0 Å². The highest BCUT2D eigenvalue weighted by atomic mass is 16.3. The van der Waals surface area contributed by atoms with E-state index >= 15 is 0 Å². The van der Waals surface area contributed by atoms with Crippen molar-refractivity contribution in [3.63, 3.8) is 0 Å². The number of benzene rings is 3. The molecule has 0 bridgehead atoms. The van der Waals surface area contributed by atoms with E-state index < -0.39 is 0 Å². The van der Waals surface area contributed by atoms with E-state index in [1.807, 2.05) is 48.5 Å². The van der Waals surface area contributed by atoms with Crippen LogP contribution in [0.1, 0.15) is 5.56 Å². The third-order valence-corrected chi connectivity index (χ3v) is 3.54. The van der Waals surface area contributed by atoms with Crippen LogP contribution < -0.4 is 0 Å². The summed E-state index contributed by atoms with van der Waals surface area (Å²) in [5, 5.41) is 10.2. The minimum Gasteiger partial charge on any atom is -0.507 e.